The number of methoxy groups -OCH3 is 1. The molecule has 6 nitrogen and oxygen atoms in total. The highest BCUT2D eigenvalue weighted by Crippen LogP contribution is 2.24. The summed E-state index contributed by atoms with van der Waals surface area (Å²) in [4.78, 5) is 27.7. The van der Waals surface area contributed by atoms with Crippen molar-refractivity contribution >= 4 is 34.6 Å². The van der Waals surface area contributed by atoms with Crippen molar-refractivity contribution in [3.05, 3.63) is 73.8 Å². The van der Waals surface area contributed by atoms with Gasteiger partial charge < -0.3 is 9.64 Å². The number of benzene rings is 1. The Labute approximate surface area is 159 Å². The van der Waals surface area contributed by atoms with Crippen molar-refractivity contribution in [1.29, 1.82) is 0 Å². The fourth-order valence-electron chi connectivity index (χ4n) is 2.52. The Morgan fingerprint density at radius 3 is 2.77 bits per heavy atom. The molecule has 2 aromatic heterocycles. The Balaban J connectivity index is 2.01. The van der Waals surface area contributed by atoms with Crippen molar-refractivity contribution in [1.82, 2.24) is 9.78 Å². The van der Waals surface area contributed by atoms with Gasteiger partial charge in [-0.05, 0) is 23.6 Å². The number of carbonyl (C=O) groups is 1. The van der Waals surface area contributed by atoms with Crippen LogP contribution in [0.2, 0.25) is 5.02 Å². The molecule has 1 aromatic carbocycles. The molecule has 134 valence electrons. The molecule has 8 heteroatoms. The average Bonchev–Trinajstić information content (AvgIpc) is 3.16. The Bertz CT molecular complexity index is 986. The van der Waals surface area contributed by atoms with E-state index in [1.165, 1.54) is 13.3 Å². The molecule has 2 heterocycles. The average molecular weight is 390 g/mol. The minimum atomic E-state index is -0.552. The molecule has 0 spiro atoms. The number of anilines is 1. The van der Waals surface area contributed by atoms with E-state index in [0.717, 1.165) is 9.56 Å². The van der Waals surface area contributed by atoms with Gasteiger partial charge in [0.2, 0.25) is 0 Å². The van der Waals surface area contributed by atoms with Crippen LogP contribution in [0, 0.1) is 0 Å². The minimum Gasteiger partial charge on any atom is -0.465 e. The van der Waals surface area contributed by atoms with E-state index in [-0.39, 0.29) is 10.6 Å². The van der Waals surface area contributed by atoms with Crippen molar-refractivity contribution in [3.63, 3.8) is 0 Å². The van der Waals surface area contributed by atoms with Crippen LogP contribution in [0.5, 0.6) is 0 Å². The second-order valence-corrected chi connectivity index (χ2v) is 6.92. The predicted octanol–water partition coefficient (Wildman–Crippen LogP) is 3.37. The molecule has 3 aromatic rings. The molecule has 0 aliphatic carbocycles. The standard InChI is InChI=1S/C18H16ClN3O3S/c1-21(11-12-6-5-9-26-12)15-10-20-22(17(23)16(15)19)14-8-4-3-7-13(14)18(24)25-2/h3-10H,11H2,1-2H3. The van der Waals surface area contributed by atoms with Gasteiger partial charge in [-0.3, -0.25) is 4.79 Å². The van der Waals surface area contributed by atoms with Crippen LogP contribution in [0.25, 0.3) is 5.69 Å². The lowest BCUT2D eigenvalue weighted by Gasteiger charge is -2.20. The Morgan fingerprint density at radius 2 is 2.08 bits per heavy atom. The summed E-state index contributed by atoms with van der Waals surface area (Å²) in [6, 6.07) is 10.6. The molecule has 0 aliphatic rings. The summed E-state index contributed by atoms with van der Waals surface area (Å²) in [6.45, 7) is 0.612. The van der Waals surface area contributed by atoms with Crippen LogP contribution in [0.4, 0.5) is 5.69 Å². The largest absolute Gasteiger partial charge is 0.465 e. The Hall–Kier alpha value is -2.64. The van der Waals surface area contributed by atoms with Gasteiger partial charge in [-0.1, -0.05) is 29.8 Å². The maximum absolute atomic E-state index is 12.8. The lowest BCUT2D eigenvalue weighted by atomic mass is 10.2. The second-order valence-electron chi connectivity index (χ2n) is 5.50. The Kier molecular flexibility index (Phi) is 5.39. The number of halogens is 1. The van der Waals surface area contributed by atoms with Gasteiger partial charge in [0.05, 0.1) is 36.8 Å². The number of hydrogen-bond acceptors (Lipinski definition) is 6. The number of ether oxygens (including phenoxy) is 1. The molecule has 26 heavy (non-hydrogen) atoms. The van der Waals surface area contributed by atoms with E-state index in [2.05, 4.69) is 5.10 Å². The lowest BCUT2D eigenvalue weighted by molar-refractivity contribution is 0.0600. The van der Waals surface area contributed by atoms with Crippen LogP contribution in [-0.2, 0) is 11.3 Å². The van der Waals surface area contributed by atoms with Crippen LogP contribution in [0.3, 0.4) is 0 Å². The summed E-state index contributed by atoms with van der Waals surface area (Å²) < 4.78 is 5.88. The number of thiophene rings is 1. The number of para-hydroxylation sites is 1. The monoisotopic (exact) mass is 389 g/mol. The van der Waals surface area contributed by atoms with Gasteiger partial charge in [-0.25, -0.2) is 4.79 Å². The fraction of sp³-hybridized carbons (Fsp3) is 0.167. The molecule has 3 rings (SSSR count). The highest BCUT2D eigenvalue weighted by Gasteiger charge is 2.18. The topological polar surface area (TPSA) is 64.4 Å². The molecule has 0 amide bonds. The van der Waals surface area contributed by atoms with Crippen molar-refractivity contribution in [2.45, 2.75) is 6.54 Å². The molecule has 0 unspecified atom stereocenters. The van der Waals surface area contributed by atoms with Crippen LogP contribution in [-0.4, -0.2) is 29.9 Å². The number of esters is 1. The molecular formula is C18H16ClN3O3S. The van der Waals surface area contributed by atoms with Gasteiger partial charge >= 0.3 is 5.97 Å². The van der Waals surface area contributed by atoms with Crippen LogP contribution in [0.15, 0.2) is 52.8 Å². The van der Waals surface area contributed by atoms with E-state index in [1.807, 2.05) is 29.5 Å². The normalized spacial score (nSPS) is 10.6. The van der Waals surface area contributed by atoms with E-state index >= 15 is 0 Å². The maximum Gasteiger partial charge on any atom is 0.340 e. The molecule has 0 N–H and O–H groups in total. The van der Waals surface area contributed by atoms with E-state index in [4.69, 9.17) is 16.3 Å². The first-order valence-electron chi connectivity index (χ1n) is 7.72. The third-order valence-electron chi connectivity index (χ3n) is 3.82. The number of carbonyl (C=O) groups excluding carboxylic acids is 1. The third kappa shape index (κ3) is 3.49. The quantitative estimate of drug-likeness (QED) is 0.626. The number of aromatic nitrogens is 2. The van der Waals surface area contributed by atoms with Gasteiger partial charge in [0.15, 0.2) is 0 Å². The van der Waals surface area contributed by atoms with E-state index < -0.39 is 11.5 Å². The summed E-state index contributed by atoms with van der Waals surface area (Å²) in [5.74, 6) is -0.552. The first kappa shape index (κ1) is 18.2. The SMILES string of the molecule is COC(=O)c1ccccc1-n1ncc(N(C)Cc2cccs2)c(Cl)c1=O. The van der Waals surface area contributed by atoms with Gasteiger partial charge in [-0.2, -0.15) is 9.78 Å². The summed E-state index contributed by atoms with van der Waals surface area (Å²) in [5.41, 5.74) is 0.578. The maximum atomic E-state index is 12.8. The van der Waals surface area contributed by atoms with Crippen molar-refractivity contribution in [3.8, 4) is 5.69 Å². The Morgan fingerprint density at radius 1 is 1.31 bits per heavy atom. The van der Waals surface area contributed by atoms with Crippen molar-refractivity contribution < 1.29 is 9.53 Å². The lowest BCUT2D eigenvalue weighted by Crippen LogP contribution is -2.27. The molecule has 0 bridgehead atoms. The number of rotatable bonds is 5. The zero-order valence-corrected chi connectivity index (χ0v) is 15.8. The molecule has 0 atom stereocenters. The van der Waals surface area contributed by atoms with Gasteiger partial charge in [-0.15, -0.1) is 11.3 Å². The zero-order valence-electron chi connectivity index (χ0n) is 14.2. The molecule has 0 aliphatic heterocycles. The highest BCUT2D eigenvalue weighted by molar-refractivity contribution is 7.09. The number of nitrogens with zero attached hydrogens (tertiary/aromatic N) is 3. The van der Waals surface area contributed by atoms with Gasteiger partial charge in [0.25, 0.3) is 5.56 Å². The molecular weight excluding hydrogens is 374 g/mol. The van der Waals surface area contributed by atoms with E-state index in [1.54, 1.807) is 35.6 Å². The summed E-state index contributed by atoms with van der Waals surface area (Å²) in [5, 5.41) is 6.24. The molecule has 0 saturated heterocycles. The first-order valence-corrected chi connectivity index (χ1v) is 8.97. The molecule has 0 fully saturated rings. The van der Waals surface area contributed by atoms with Gasteiger partial charge in [0.1, 0.15) is 5.02 Å². The smallest absolute Gasteiger partial charge is 0.340 e. The highest BCUT2D eigenvalue weighted by atomic mass is 35.5. The predicted molar refractivity (Wildman–Crippen MR) is 103 cm³/mol. The number of hydrogen-bond donors (Lipinski definition) is 0. The van der Waals surface area contributed by atoms with Crippen molar-refractivity contribution in [2.24, 2.45) is 0 Å². The zero-order chi connectivity index (χ0) is 18.7. The van der Waals surface area contributed by atoms with Crippen LogP contribution in [0.1, 0.15) is 15.2 Å². The first-order chi connectivity index (χ1) is 12.5. The third-order valence-corrected chi connectivity index (χ3v) is 5.04. The van der Waals surface area contributed by atoms with Gasteiger partial charge in [0, 0.05) is 11.9 Å². The fourth-order valence-corrected chi connectivity index (χ4v) is 3.55. The summed E-state index contributed by atoms with van der Waals surface area (Å²) >= 11 is 7.95. The van der Waals surface area contributed by atoms with E-state index in [9.17, 15) is 9.59 Å². The van der Waals surface area contributed by atoms with Crippen LogP contribution < -0.4 is 10.5 Å². The minimum absolute atomic E-state index is 0.0405. The summed E-state index contributed by atoms with van der Waals surface area (Å²) in [7, 11) is 3.12. The molecule has 0 radical (unpaired) electrons. The second kappa shape index (κ2) is 7.72. The van der Waals surface area contributed by atoms with Crippen molar-refractivity contribution in [2.75, 3.05) is 19.1 Å². The van der Waals surface area contributed by atoms with Crippen LogP contribution >= 0.6 is 22.9 Å². The molecule has 0 saturated carbocycles. The van der Waals surface area contributed by atoms with E-state index in [0.29, 0.717) is 17.9 Å². The summed E-state index contributed by atoms with van der Waals surface area (Å²) in [6.07, 6.45) is 1.52.